The predicted octanol–water partition coefficient (Wildman–Crippen LogP) is 4.00. The first-order chi connectivity index (χ1) is 8.18. The van der Waals surface area contributed by atoms with Crippen molar-refractivity contribution in [3.63, 3.8) is 0 Å². The van der Waals surface area contributed by atoms with Gasteiger partial charge < -0.3 is 5.11 Å². The van der Waals surface area contributed by atoms with Gasteiger partial charge in [0.2, 0.25) is 0 Å². The molecule has 0 heterocycles. The highest BCUT2D eigenvalue weighted by Crippen LogP contribution is 2.35. The number of rotatable bonds is 3. The molecule has 0 aliphatic rings. The minimum atomic E-state index is -0.696. The van der Waals surface area contributed by atoms with Crippen molar-refractivity contribution in [1.29, 1.82) is 0 Å². The zero-order valence-corrected chi connectivity index (χ0v) is 10.6. The van der Waals surface area contributed by atoms with E-state index in [9.17, 15) is 9.50 Å². The molecule has 2 atom stereocenters. The van der Waals surface area contributed by atoms with Crippen molar-refractivity contribution in [2.45, 2.75) is 10.9 Å². The molecule has 0 aromatic heterocycles. The summed E-state index contributed by atoms with van der Waals surface area (Å²) < 4.78 is 12.8. The predicted molar refractivity (Wildman–Crippen MR) is 69.5 cm³/mol. The molecule has 17 heavy (non-hydrogen) atoms. The highest BCUT2D eigenvalue weighted by molar-refractivity contribution is 9.09. The number of aliphatic hydroxyl groups is 1. The van der Waals surface area contributed by atoms with Crippen LogP contribution < -0.4 is 0 Å². The van der Waals surface area contributed by atoms with Gasteiger partial charge in [-0.3, -0.25) is 0 Å². The Balaban J connectivity index is 2.20. The van der Waals surface area contributed by atoms with Crippen molar-refractivity contribution in [2.24, 2.45) is 0 Å². The summed E-state index contributed by atoms with van der Waals surface area (Å²) in [6.07, 6.45) is -0.696. The number of halogens is 2. The van der Waals surface area contributed by atoms with Crippen LogP contribution in [0.1, 0.15) is 22.1 Å². The SMILES string of the molecule is O[C@H](c1ccc(F)cc1)[C@@H](Br)c1ccccc1. The molecule has 2 aromatic carbocycles. The fourth-order valence-corrected chi connectivity index (χ4v) is 2.26. The van der Waals surface area contributed by atoms with Crippen LogP contribution in [0.25, 0.3) is 0 Å². The van der Waals surface area contributed by atoms with E-state index in [0.717, 1.165) is 5.56 Å². The van der Waals surface area contributed by atoms with E-state index >= 15 is 0 Å². The lowest BCUT2D eigenvalue weighted by molar-refractivity contribution is 0.177. The zero-order chi connectivity index (χ0) is 12.3. The van der Waals surface area contributed by atoms with Gasteiger partial charge in [0.1, 0.15) is 5.82 Å². The summed E-state index contributed by atoms with van der Waals surface area (Å²) in [5.41, 5.74) is 1.68. The van der Waals surface area contributed by atoms with Gasteiger partial charge in [0.05, 0.1) is 10.9 Å². The monoisotopic (exact) mass is 294 g/mol. The lowest BCUT2D eigenvalue weighted by Crippen LogP contribution is -2.05. The van der Waals surface area contributed by atoms with Gasteiger partial charge in [-0.2, -0.15) is 0 Å². The molecule has 88 valence electrons. The van der Waals surface area contributed by atoms with Gasteiger partial charge in [-0.15, -0.1) is 0 Å². The van der Waals surface area contributed by atoms with Crippen LogP contribution in [-0.2, 0) is 0 Å². The Morgan fingerprint density at radius 3 is 2.06 bits per heavy atom. The average Bonchev–Trinajstić information content (AvgIpc) is 2.39. The third-order valence-corrected chi connectivity index (χ3v) is 3.64. The lowest BCUT2D eigenvalue weighted by Gasteiger charge is -2.18. The summed E-state index contributed by atoms with van der Waals surface area (Å²) in [7, 11) is 0. The van der Waals surface area contributed by atoms with E-state index in [1.54, 1.807) is 12.1 Å². The second-order valence-electron chi connectivity index (χ2n) is 3.81. The largest absolute Gasteiger partial charge is 0.387 e. The topological polar surface area (TPSA) is 20.2 Å². The third kappa shape index (κ3) is 2.93. The Kier molecular flexibility index (Phi) is 3.92. The Morgan fingerprint density at radius 1 is 0.882 bits per heavy atom. The van der Waals surface area contributed by atoms with Gasteiger partial charge in [-0.05, 0) is 23.3 Å². The van der Waals surface area contributed by atoms with E-state index < -0.39 is 6.10 Å². The van der Waals surface area contributed by atoms with Crippen molar-refractivity contribution < 1.29 is 9.50 Å². The molecule has 1 nitrogen and oxygen atoms in total. The first-order valence-corrected chi connectivity index (χ1v) is 6.22. The van der Waals surface area contributed by atoms with Crippen molar-refractivity contribution in [3.05, 3.63) is 71.5 Å². The molecular formula is C14H12BrFO. The standard InChI is InChI=1S/C14H12BrFO/c15-13(10-4-2-1-3-5-10)14(17)11-6-8-12(16)9-7-11/h1-9,13-14,17H/t13-,14+/m0/s1. The highest BCUT2D eigenvalue weighted by atomic mass is 79.9. The molecule has 0 aliphatic heterocycles. The molecule has 2 rings (SSSR count). The van der Waals surface area contributed by atoms with Crippen LogP contribution >= 0.6 is 15.9 Å². The van der Waals surface area contributed by atoms with E-state index in [1.165, 1.54) is 12.1 Å². The Labute approximate surface area is 108 Å². The van der Waals surface area contributed by atoms with Crippen LogP contribution in [0, 0.1) is 5.82 Å². The average molecular weight is 295 g/mol. The van der Waals surface area contributed by atoms with E-state index in [-0.39, 0.29) is 10.6 Å². The second kappa shape index (κ2) is 5.43. The fourth-order valence-electron chi connectivity index (χ4n) is 1.65. The molecule has 0 spiro atoms. The lowest BCUT2D eigenvalue weighted by atomic mass is 10.0. The molecule has 0 saturated heterocycles. The molecule has 0 bridgehead atoms. The summed E-state index contributed by atoms with van der Waals surface area (Å²) in [6.45, 7) is 0. The fraction of sp³-hybridized carbons (Fsp3) is 0.143. The zero-order valence-electron chi connectivity index (χ0n) is 9.05. The van der Waals surface area contributed by atoms with E-state index in [0.29, 0.717) is 5.56 Å². The van der Waals surface area contributed by atoms with Crippen LogP contribution in [0.5, 0.6) is 0 Å². The summed E-state index contributed by atoms with van der Waals surface area (Å²) in [5.74, 6) is -0.299. The van der Waals surface area contributed by atoms with Gasteiger partial charge in [0, 0.05) is 0 Å². The van der Waals surface area contributed by atoms with E-state index in [2.05, 4.69) is 15.9 Å². The van der Waals surface area contributed by atoms with Crippen LogP contribution in [0.3, 0.4) is 0 Å². The molecule has 1 N–H and O–H groups in total. The van der Waals surface area contributed by atoms with Crippen molar-refractivity contribution in [1.82, 2.24) is 0 Å². The highest BCUT2D eigenvalue weighted by Gasteiger charge is 2.19. The maximum Gasteiger partial charge on any atom is 0.123 e. The molecule has 0 saturated carbocycles. The van der Waals surface area contributed by atoms with Gasteiger partial charge in [0.15, 0.2) is 0 Å². The van der Waals surface area contributed by atoms with Gasteiger partial charge in [0.25, 0.3) is 0 Å². The van der Waals surface area contributed by atoms with E-state index in [1.807, 2.05) is 30.3 Å². The molecule has 0 radical (unpaired) electrons. The van der Waals surface area contributed by atoms with Crippen molar-refractivity contribution in [3.8, 4) is 0 Å². The number of benzene rings is 2. The quantitative estimate of drug-likeness (QED) is 0.849. The maximum absolute atomic E-state index is 12.8. The third-order valence-electron chi connectivity index (χ3n) is 2.61. The van der Waals surface area contributed by atoms with Gasteiger partial charge in [-0.1, -0.05) is 58.4 Å². The Bertz CT molecular complexity index is 469. The number of alkyl halides is 1. The summed E-state index contributed by atoms with van der Waals surface area (Å²) in [5, 5.41) is 10.2. The van der Waals surface area contributed by atoms with E-state index in [4.69, 9.17) is 0 Å². The minimum Gasteiger partial charge on any atom is -0.387 e. The second-order valence-corrected chi connectivity index (χ2v) is 4.80. The normalized spacial score (nSPS) is 14.3. The Hall–Kier alpha value is -1.19. The molecule has 0 aliphatic carbocycles. The molecule has 0 unspecified atom stereocenters. The first-order valence-electron chi connectivity index (χ1n) is 5.31. The maximum atomic E-state index is 12.8. The van der Waals surface area contributed by atoms with Crippen LogP contribution in [0.15, 0.2) is 54.6 Å². The summed E-state index contributed by atoms with van der Waals surface area (Å²) >= 11 is 3.46. The van der Waals surface area contributed by atoms with Crippen LogP contribution in [0.2, 0.25) is 0 Å². The minimum absolute atomic E-state index is 0.200. The number of aliphatic hydroxyl groups excluding tert-OH is 1. The van der Waals surface area contributed by atoms with Crippen LogP contribution in [-0.4, -0.2) is 5.11 Å². The summed E-state index contributed by atoms with van der Waals surface area (Å²) in [4.78, 5) is -0.200. The van der Waals surface area contributed by atoms with Gasteiger partial charge in [-0.25, -0.2) is 4.39 Å². The molecular weight excluding hydrogens is 283 g/mol. The molecule has 0 fully saturated rings. The smallest absolute Gasteiger partial charge is 0.123 e. The van der Waals surface area contributed by atoms with Gasteiger partial charge >= 0.3 is 0 Å². The van der Waals surface area contributed by atoms with Crippen LogP contribution in [0.4, 0.5) is 4.39 Å². The molecule has 2 aromatic rings. The van der Waals surface area contributed by atoms with Crippen molar-refractivity contribution >= 4 is 15.9 Å². The number of hydrogen-bond donors (Lipinski definition) is 1. The number of hydrogen-bond acceptors (Lipinski definition) is 1. The summed E-state index contributed by atoms with van der Waals surface area (Å²) in [6, 6.07) is 15.5. The molecule has 3 heteroatoms. The van der Waals surface area contributed by atoms with Crippen molar-refractivity contribution in [2.75, 3.05) is 0 Å². The Morgan fingerprint density at radius 2 is 1.47 bits per heavy atom. The molecule has 0 amide bonds. The first kappa shape index (κ1) is 12.3.